The monoisotopic (exact) mass is 734 g/mol. The molecule has 4 rings (SSSR count). The lowest BCUT2D eigenvalue weighted by Crippen LogP contribution is -2.48. The highest BCUT2D eigenvalue weighted by atomic mass is 31.2. The maximum absolute atomic E-state index is 14.5. The third-order valence-electron chi connectivity index (χ3n) is 10.5. The van der Waals surface area contributed by atoms with Gasteiger partial charge in [0.15, 0.2) is 0 Å². The van der Waals surface area contributed by atoms with Crippen molar-refractivity contribution >= 4 is 13.7 Å². The number of hydrogen-bond donors (Lipinski definition) is 1. The fraction of sp³-hybridized carbons (Fsp3) is 0.548. The summed E-state index contributed by atoms with van der Waals surface area (Å²) in [4.78, 5) is 34.8. The minimum absolute atomic E-state index is 0.0542. The van der Waals surface area contributed by atoms with Gasteiger partial charge >= 0.3 is 7.82 Å². The number of phosphoric acid groups is 1. The van der Waals surface area contributed by atoms with Crippen molar-refractivity contribution in [1.82, 2.24) is 19.6 Å². The lowest BCUT2D eigenvalue weighted by atomic mass is 10.0. The van der Waals surface area contributed by atoms with Gasteiger partial charge in [-0.3, -0.25) is 18.7 Å². The summed E-state index contributed by atoms with van der Waals surface area (Å²) in [6, 6.07) is 25.0. The topological polar surface area (TPSA) is 85.8 Å². The SMILES string of the molecule is CCCCc1ccc(C(=O)N(Cc2ccccc2)[C@@H]2c3ccccc3C[C@@H]2OP(=O)(O)OC[C@@H](CN(CC)CCN(CC)CC)N(CC)CC)cc1. The Labute approximate surface area is 313 Å². The number of hydrogen-bond acceptors (Lipinski definition) is 7. The van der Waals surface area contributed by atoms with Crippen molar-refractivity contribution in [3.63, 3.8) is 0 Å². The number of unbranched alkanes of at least 4 members (excludes halogenated alkanes) is 1. The largest absolute Gasteiger partial charge is 0.472 e. The van der Waals surface area contributed by atoms with Crippen LogP contribution in [0.3, 0.4) is 0 Å². The lowest BCUT2D eigenvalue weighted by Gasteiger charge is -2.36. The third-order valence-corrected chi connectivity index (χ3v) is 11.5. The number of nitrogens with zero attached hydrogens (tertiary/aromatic N) is 4. The van der Waals surface area contributed by atoms with Gasteiger partial charge in [-0.25, -0.2) is 4.57 Å². The third kappa shape index (κ3) is 11.8. The number of fused-ring (bicyclic) bond motifs is 1. The Bertz CT molecular complexity index is 1530. The quantitative estimate of drug-likeness (QED) is 0.0987. The van der Waals surface area contributed by atoms with Crippen LogP contribution < -0.4 is 0 Å². The maximum Gasteiger partial charge on any atom is 0.472 e. The predicted molar refractivity (Wildman–Crippen MR) is 212 cm³/mol. The molecule has 0 radical (unpaired) electrons. The molecule has 0 fully saturated rings. The van der Waals surface area contributed by atoms with E-state index in [1.165, 1.54) is 5.56 Å². The first kappa shape index (κ1) is 41.9. The predicted octanol–water partition coefficient (Wildman–Crippen LogP) is 7.85. The highest BCUT2D eigenvalue weighted by Gasteiger charge is 2.43. The van der Waals surface area contributed by atoms with Crippen molar-refractivity contribution < 1.29 is 23.3 Å². The minimum atomic E-state index is -4.55. The van der Waals surface area contributed by atoms with Crippen LogP contribution in [0.15, 0.2) is 78.9 Å². The number of carbonyl (C=O) groups excluding carboxylic acids is 1. The first-order valence-electron chi connectivity index (χ1n) is 19.5. The van der Waals surface area contributed by atoms with Gasteiger partial charge in [-0.2, -0.15) is 0 Å². The Morgan fingerprint density at radius 1 is 0.808 bits per heavy atom. The average molecular weight is 735 g/mol. The van der Waals surface area contributed by atoms with E-state index in [0.717, 1.165) is 81.8 Å². The summed E-state index contributed by atoms with van der Waals surface area (Å²) in [5.74, 6) is -0.152. The first-order chi connectivity index (χ1) is 25.2. The highest BCUT2D eigenvalue weighted by Crippen LogP contribution is 2.51. The summed E-state index contributed by atoms with van der Waals surface area (Å²) in [6.45, 7) is 20.4. The summed E-state index contributed by atoms with van der Waals surface area (Å²) in [5, 5.41) is 0. The standard InChI is InChI=1S/C42H63N4O5P/c1-7-13-19-34-24-26-36(27-25-34)42(47)46(31-35-20-15-14-16-21-35)41-39-23-18-17-22-37(39)30-40(41)51-52(48,49)50-33-38(45(11-5)12-6)32-44(10-4)29-28-43(8-2)9-3/h14-18,20-27,38,40-41H,7-13,19,28-33H2,1-6H3,(H,48,49)/t38-,40+,41-/m1/s1. The molecule has 10 heteroatoms. The zero-order valence-corrected chi connectivity index (χ0v) is 33.3. The molecule has 0 saturated carbocycles. The van der Waals surface area contributed by atoms with Gasteiger partial charge in [-0.05, 0) is 80.0 Å². The number of aryl methyl sites for hydroxylation is 1. The molecular formula is C42H63N4O5P. The van der Waals surface area contributed by atoms with E-state index in [2.05, 4.69) is 56.2 Å². The van der Waals surface area contributed by atoms with Crippen LogP contribution in [-0.2, 0) is 33.0 Å². The number of benzene rings is 3. The summed E-state index contributed by atoms with van der Waals surface area (Å²) in [7, 11) is -4.55. The zero-order valence-electron chi connectivity index (χ0n) is 32.5. The Kier molecular flexibility index (Phi) is 17.0. The smallest absolute Gasteiger partial charge is 0.325 e. The lowest BCUT2D eigenvalue weighted by molar-refractivity contribution is 0.0236. The van der Waals surface area contributed by atoms with E-state index in [1.54, 1.807) is 4.90 Å². The normalized spacial score (nSPS) is 17.4. The van der Waals surface area contributed by atoms with Crippen molar-refractivity contribution in [2.75, 3.05) is 59.0 Å². The minimum Gasteiger partial charge on any atom is -0.325 e. The van der Waals surface area contributed by atoms with Crippen LogP contribution in [0.2, 0.25) is 0 Å². The molecule has 9 nitrogen and oxygen atoms in total. The molecule has 4 atom stereocenters. The molecule has 1 aliphatic carbocycles. The van der Waals surface area contributed by atoms with E-state index in [0.29, 0.717) is 25.1 Å². The number of amides is 1. The van der Waals surface area contributed by atoms with E-state index in [1.807, 2.05) is 78.9 Å². The van der Waals surface area contributed by atoms with E-state index < -0.39 is 20.0 Å². The van der Waals surface area contributed by atoms with Crippen molar-refractivity contribution in [1.29, 1.82) is 0 Å². The Balaban J connectivity index is 1.58. The van der Waals surface area contributed by atoms with Crippen molar-refractivity contribution in [2.24, 2.45) is 0 Å². The molecule has 0 heterocycles. The highest BCUT2D eigenvalue weighted by molar-refractivity contribution is 7.47. The van der Waals surface area contributed by atoms with Crippen LogP contribution in [0.25, 0.3) is 0 Å². The molecule has 1 unspecified atom stereocenters. The van der Waals surface area contributed by atoms with Crippen molar-refractivity contribution in [3.05, 3.63) is 107 Å². The van der Waals surface area contributed by atoms with Crippen LogP contribution in [0.5, 0.6) is 0 Å². The van der Waals surface area contributed by atoms with E-state index in [9.17, 15) is 14.3 Å². The van der Waals surface area contributed by atoms with Gasteiger partial charge in [0.25, 0.3) is 5.91 Å². The van der Waals surface area contributed by atoms with Crippen LogP contribution >= 0.6 is 7.82 Å². The molecule has 0 aromatic heterocycles. The maximum atomic E-state index is 14.5. The molecule has 0 aliphatic heterocycles. The van der Waals surface area contributed by atoms with Gasteiger partial charge in [0.1, 0.15) is 0 Å². The Hall–Kier alpha value is -2.88. The molecule has 286 valence electrons. The summed E-state index contributed by atoms with van der Waals surface area (Å²) in [5.41, 5.74) is 4.65. The van der Waals surface area contributed by atoms with E-state index in [-0.39, 0.29) is 18.6 Å². The van der Waals surface area contributed by atoms with Crippen LogP contribution in [0, 0.1) is 0 Å². The number of likely N-dealkylation sites (N-methyl/N-ethyl adjacent to an activating group) is 3. The number of rotatable bonds is 23. The van der Waals surface area contributed by atoms with Crippen molar-refractivity contribution in [2.45, 2.75) is 92.0 Å². The van der Waals surface area contributed by atoms with Crippen LogP contribution in [-0.4, -0.2) is 102 Å². The van der Waals surface area contributed by atoms with Gasteiger partial charge in [-0.15, -0.1) is 0 Å². The number of phosphoric ester groups is 1. The Morgan fingerprint density at radius 2 is 1.44 bits per heavy atom. The fourth-order valence-corrected chi connectivity index (χ4v) is 8.29. The molecule has 1 N–H and O–H groups in total. The first-order valence-corrected chi connectivity index (χ1v) is 21.0. The summed E-state index contributed by atoms with van der Waals surface area (Å²) >= 11 is 0. The van der Waals surface area contributed by atoms with Crippen LogP contribution in [0.1, 0.15) is 93.0 Å². The molecule has 0 spiro atoms. The van der Waals surface area contributed by atoms with Gasteiger partial charge in [0, 0.05) is 44.2 Å². The van der Waals surface area contributed by atoms with Gasteiger partial charge in [0.2, 0.25) is 0 Å². The second kappa shape index (κ2) is 21.1. The molecular weight excluding hydrogens is 671 g/mol. The van der Waals surface area contributed by atoms with Crippen LogP contribution in [0.4, 0.5) is 0 Å². The van der Waals surface area contributed by atoms with E-state index >= 15 is 0 Å². The average Bonchev–Trinajstić information content (AvgIpc) is 3.52. The van der Waals surface area contributed by atoms with Gasteiger partial charge in [0.05, 0.1) is 18.8 Å². The van der Waals surface area contributed by atoms with E-state index in [4.69, 9.17) is 9.05 Å². The van der Waals surface area contributed by atoms with Crippen molar-refractivity contribution in [3.8, 4) is 0 Å². The molecule has 3 aromatic carbocycles. The molecule has 1 amide bonds. The second-order valence-corrected chi connectivity index (χ2v) is 15.2. The second-order valence-electron chi connectivity index (χ2n) is 13.8. The zero-order chi connectivity index (χ0) is 37.5. The molecule has 3 aromatic rings. The van der Waals surface area contributed by atoms with Gasteiger partial charge < -0.3 is 19.6 Å². The fourth-order valence-electron chi connectivity index (χ4n) is 7.33. The number of carbonyl (C=O) groups is 1. The molecule has 52 heavy (non-hydrogen) atoms. The van der Waals surface area contributed by atoms with Gasteiger partial charge in [-0.1, -0.05) is 115 Å². The molecule has 0 bridgehead atoms. The Morgan fingerprint density at radius 3 is 2.08 bits per heavy atom. The summed E-state index contributed by atoms with van der Waals surface area (Å²) in [6.07, 6.45) is 2.78. The molecule has 1 aliphatic rings. The molecule has 0 saturated heterocycles. The summed E-state index contributed by atoms with van der Waals surface area (Å²) < 4.78 is 26.0.